The van der Waals surface area contributed by atoms with Crippen molar-refractivity contribution in [2.45, 2.75) is 32.2 Å². The van der Waals surface area contributed by atoms with E-state index in [1.807, 2.05) is 0 Å². The molecule has 1 aliphatic rings. The molecule has 5 heteroatoms. The van der Waals surface area contributed by atoms with E-state index in [-0.39, 0.29) is 5.91 Å². The summed E-state index contributed by atoms with van der Waals surface area (Å²) >= 11 is 0. The Morgan fingerprint density at radius 3 is 3.12 bits per heavy atom. The number of carbonyl (C=O) groups excluding carboxylic acids is 1. The van der Waals surface area contributed by atoms with Crippen LogP contribution in [0.15, 0.2) is 10.6 Å². The van der Waals surface area contributed by atoms with Crippen LogP contribution in [0.1, 0.15) is 25.0 Å². The second-order valence-electron chi connectivity index (χ2n) is 4.35. The zero-order valence-corrected chi connectivity index (χ0v) is 9.69. The molecular weight excluding hydrogens is 206 g/mol. The van der Waals surface area contributed by atoms with Crippen molar-refractivity contribution in [2.24, 2.45) is 0 Å². The molecule has 0 radical (unpaired) electrons. The Bertz CT molecular complexity index is 375. The number of aryl methyl sites for hydroxylation is 1. The van der Waals surface area contributed by atoms with Crippen LogP contribution in [-0.4, -0.2) is 35.6 Å². The summed E-state index contributed by atoms with van der Waals surface area (Å²) in [4.78, 5) is 13.9. The van der Waals surface area contributed by atoms with E-state index in [4.69, 9.17) is 4.52 Å². The summed E-state index contributed by atoms with van der Waals surface area (Å²) < 4.78 is 4.88. The van der Waals surface area contributed by atoms with E-state index >= 15 is 0 Å². The van der Waals surface area contributed by atoms with Gasteiger partial charge in [0.2, 0.25) is 5.91 Å². The summed E-state index contributed by atoms with van der Waals surface area (Å²) in [5.41, 5.74) is 0. The van der Waals surface area contributed by atoms with Gasteiger partial charge in [0.25, 0.3) is 0 Å². The van der Waals surface area contributed by atoms with Gasteiger partial charge in [0.1, 0.15) is 5.76 Å². The number of aromatic nitrogens is 1. The monoisotopic (exact) mass is 223 g/mol. The van der Waals surface area contributed by atoms with Gasteiger partial charge in [-0.1, -0.05) is 5.16 Å². The van der Waals surface area contributed by atoms with Crippen molar-refractivity contribution in [1.82, 2.24) is 10.1 Å². The highest BCUT2D eigenvalue weighted by Gasteiger charge is 2.23. The Balaban J connectivity index is 1.84. The van der Waals surface area contributed by atoms with Gasteiger partial charge < -0.3 is 14.7 Å². The van der Waals surface area contributed by atoms with Crippen LogP contribution in [0, 0.1) is 6.92 Å². The number of amides is 1. The fourth-order valence-electron chi connectivity index (χ4n) is 2.07. The van der Waals surface area contributed by atoms with E-state index in [0.717, 1.165) is 13.0 Å². The summed E-state index contributed by atoms with van der Waals surface area (Å²) in [6, 6.07) is 2.09. The summed E-state index contributed by atoms with van der Waals surface area (Å²) in [6.45, 7) is 2.88. The molecule has 0 spiro atoms. The zero-order chi connectivity index (χ0) is 11.5. The molecule has 1 unspecified atom stereocenters. The van der Waals surface area contributed by atoms with Crippen molar-refractivity contribution in [3.8, 4) is 0 Å². The Morgan fingerprint density at radius 2 is 2.56 bits per heavy atom. The van der Waals surface area contributed by atoms with Crippen molar-refractivity contribution in [2.75, 3.05) is 18.9 Å². The first kappa shape index (κ1) is 11.1. The average Bonchev–Trinajstić information content (AvgIpc) is 2.77. The van der Waals surface area contributed by atoms with Crippen LogP contribution in [0.25, 0.3) is 0 Å². The molecule has 0 bridgehead atoms. The van der Waals surface area contributed by atoms with E-state index in [9.17, 15) is 4.79 Å². The van der Waals surface area contributed by atoms with E-state index in [1.165, 1.54) is 6.42 Å². The molecule has 2 heterocycles. The van der Waals surface area contributed by atoms with E-state index in [1.54, 1.807) is 13.0 Å². The topological polar surface area (TPSA) is 58.4 Å². The van der Waals surface area contributed by atoms with Crippen LogP contribution in [0.4, 0.5) is 5.82 Å². The summed E-state index contributed by atoms with van der Waals surface area (Å²) in [6.07, 6.45) is 2.81. The second kappa shape index (κ2) is 4.65. The highest BCUT2D eigenvalue weighted by Crippen LogP contribution is 2.18. The maximum atomic E-state index is 11.7. The van der Waals surface area contributed by atoms with E-state index in [0.29, 0.717) is 24.0 Å². The Morgan fingerprint density at radius 1 is 1.75 bits per heavy atom. The third-order valence-corrected chi connectivity index (χ3v) is 2.99. The van der Waals surface area contributed by atoms with Crippen LogP contribution in [0.5, 0.6) is 0 Å². The second-order valence-corrected chi connectivity index (χ2v) is 4.35. The van der Waals surface area contributed by atoms with Crippen LogP contribution in [0.2, 0.25) is 0 Å². The number of anilines is 1. The molecule has 0 aromatic carbocycles. The Kier molecular flexibility index (Phi) is 3.24. The van der Waals surface area contributed by atoms with Gasteiger partial charge in [0, 0.05) is 18.5 Å². The first-order valence-electron chi connectivity index (χ1n) is 5.58. The Hall–Kier alpha value is -1.36. The fraction of sp³-hybridized carbons (Fsp3) is 0.636. The van der Waals surface area contributed by atoms with Crippen molar-refractivity contribution in [3.05, 3.63) is 11.8 Å². The van der Waals surface area contributed by atoms with Crippen LogP contribution in [-0.2, 0) is 4.79 Å². The maximum Gasteiger partial charge on any atom is 0.227 e. The molecule has 1 amide bonds. The van der Waals surface area contributed by atoms with Gasteiger partial charge in [-0.3, -0.25) is 4.79 Å². The van der Waals surface area contributed by atoms with Crippen molar-refractivity contribution in [1.29, 1.82) is 0 Å². The first-order valence-corrected chi connectivity index (χ1v) is 5.58. The normalized spacial score (nSPS) is 21.2. The molecule has 1 aliphatic heterocycles. The minimum Gasteiger partial charge on any atom is -0.360 e. The van der Waals surface area contributed by atoms with Crippen LogP contribution < -0.4 is 5.32 Å². The number of nitrogens with zero attached hydrogens (tertiary/aromatic N) is 2. The highest BCUT2D eigenvalue weighted by molar-refractivity contribution is 5.90. The summed E-state index contributed by atoms with van der Waals surface area (Å²) in [5.74, 6) is 1.21. The number of hydrogen-bond acceptors (Lipinski definition) is 4. The number of nitrogens with one attached hydrogen (secondary N) is 1. The molecule has 16 heavy (non-hydrogen) atoms. The van der Waals surface area contributed by atoms with Crippen LogP contribution in [0.3, 0.4) is 0 Å². The minimum absolute atomic E-state index is 0.00653. The third-order valence-electron chi connectivity index (χ3n) is 2.99. The molecule has 0 saturated carbocycles. The van der Waals surface area contributed by atoms with Gasteiger partial charge in [-0.25, -0.2) is 0 Å². The lowest BCUT2D eigenvalue weighted by Crippen LogP contribution is -2.29. The minimum atomic E-state index is 0.00653. The van der Waals surface area contributed by atoms with E-state index < -0.39 is 0 Å². The van der Waals surface area contributed by atoms with Crippen molar-refractivity contribution < 1.29 is 9.32 Å². The smallest absolute Gasteiger partial charge is 0.227 e. The zero-order valence-electron chi connectivity index (χ0n) is 9.69. The number of rotatable bonds is 3. The quantitative estimate of drug-likeness (QED) is 0.841. The fourth-order valence-corrected chi connectivity index (χ4v) is 2.07. The largest absolute Gasteiger partial charge is 0.360 e. The first-order chi connectivity index (χ1) is 7.65. The molecule has 5 nitrogen and oxygen atoms in total. The predicted octanol–water partition coefficient (Wildman–Crippen LogP) is 1.41. The number of hydrogen-bond donors (Lipinski definition) is 1. The lowest BCUT2D eigenvalue weighted by Gasteiger charge is -2.18. The average molecular weight is 223 g/mol. The van der Waals surface area contributed by atoms with Gasteiger partial charge >= 0.3 is 0 Å². The van der Waals surface area contributed by atoms with Gasteiger partial charge in [-0.2, -0.15) is 0 Å². The van der Waals surface area contributed by atoms with E-state index in [2.05, 4.69) is 22.4 Å². The van der Waals surface area contributed by atoms with Gasteiger partial charge in [-0.05, 0) is 33.4 Å². The number of carbonyl (C=O) groups is 1. The molecular formula is C11H17N3O2. The lowest BCUT2D eigenvalue weighted by atomic mass is 10.1. The van der Waals surface area contributed by atoms with Gasteiger partial charge in [0.15, 0.2) is 5.82 Å². The summed E-state index contributed by atoms with van der Waals surface area (Å²) in [5, 5.41) is 6.47. The van der Waals surface area contributed by atoms with Gasteiger partial charge in [-0.15, -0.1) is 0 Å². The third kappa shape index (κ3) is 2.61. The molecule has 2 rings (SSSR count). The van der Waals surface area contributed by atoms with Crippen LogP contribution >= 0.6 is 0 Å². The SMILES string of the molecule is Cc1cc(NC(=O)CC2CCCN2C)no1. The molecule has 1 saturated heterocycles. The molecule has 1 atom stereocenters. The molecule has 88 valence electrons. The Labute approximate surface area is 94.8 Å². The standard InChI is InChI=1S/C11H17N3O2/c1-8-6-10(13-16-8)12-11(15)7-9-4-3-5-14(9)2/h6,9H,3-5,7H2,1-2H3,(H,12,13,15). The maximum absolute atomic E-state index is 11.7. The van der Waals surface area contributed by atoms with Gasteiger partial charge in [0.05, 0.1) is 0 Å². The predicted molar refractivity (Wildman–Crippen MR) is 60.1 cm³/mol. The number of likely N-dealkylation sites (tertiary alicyclic amines) is 1. The summed E-state index contributed by atoms with van der Waals surface area (Å²) in [7, 11) is 2.06. The highest BCUT2D eigenvalue weighted by atomic mass is 16.5. The molecule has 1 aromatic rings. The van der Waals surface area contributed by atoms with Crippen molar-refractivity contribution >= 4 is 11.7 Å². The van der Waals surface area contributed by atoms with Crippen molar-refractivity contribution in [3.63, 3.8) is 0 Å². The molecule has 1 fully saturated rings. The molecule has 1 N–H and O–H groups in total. The molecule has 0 aliphatic carbocycles. The molecule has 1 aromatic heterocycles. The lowest BCUT2D eigenvalue weighted by molar-refractivity contribution is -0.117.